The third-order valence-electron chi connectivity index (χ3n) is 10.4. The van der Waals surface area contributed by atoms with Crippen molar-refractivity contribution in [3.05, 3.63) is 121 Å². The monoisotopic (exact) mass is 621 g/mol. The maximum Gasteiger partial charge on any atom is 0.294 e. The minimum Gasteiger partial charge on any atom is -0.455 e. The fourth-order valence-corrected chi connectivity index (χ4v) is 9.28. The van der Waals surface area contributed by atoms with Crippen LogP contribution in [0.2, 0.25) is 19.6 Å². The molecule has 0 saturated carbocycles. The van der Waals surface area contributed by atoms with Crippen molar-refractivity contribution in [3.8, 4) is 22.6 Å². The number of aryl methyl sites for hydroxylation is 1. The van der Waals surface area contributed by atoms with Crippen LogP contribution in [0.25, 0.3) is 61.2 Å². The van der Waals surface area contributed by atoms with E-state index in [9.17, 15) is 4.39 Å². The molecule has 2 unspecified atom stereocenters. The molecule has 0 fully saturated rings. The van der Waals surface area contributed by atoms with Crippen LogP contribution in [0.4, 0.5) is 4.39 Å². The number of hydrogen-bond donors (Lipinski definition) is 0. The molecule has 0 N–H and O–H groups in total. The number of hydrogen-bond acceptors (Lipinski definition) is 1. The number of pyridine rings is 1. The van der Waals surface area contributed by atoms with Crippen molar-refractivity contribution in [1.29, 1.82) is 0 Å². The standard InChI is InChI=1S/C40H36FN3OSi/c1-6-42-34-13-9-10-14-35(34)44-23-32-28-11-7-8-12-29(28)33-20-16-26(46(3,4)5)22-43(33)38(32)24(2)27-18-19-31-30-17-15-25(41)21-36(30)45-39(31)37(27)40(42)44/h7-22,32,38H,2,6,23H2,1,3-5H3/q+2. The quantitative estimate of drug-likeness (QED) is 0.140. The summed E-state index contributed by atoms with van der Waals surface area (Å²) < 4.78 is 28.6. The zero-order valence-electron chi connectivity index (χ0n) is 26.6. The van der Waals surface area contributed by atoms with Gasteiger partial charge in [-0.15, -0.1) is 0 Å². The first-order valence-corrected chi connectivity index (χ1v) is 19.7. The molecule has 3 aromatic heterocycles. The molecule has 0 saturated heterocycles. The summed E-state index contributed by atoms with van der Waals surface area (Å²) in [6, 6.07) is 31.5. The van der Waals surface area contributed by atoms with Crippen molar-refractivity contribution < 1.29 is 17.9 Å². The number of furan rings is 1. The zero-order valence-corrected chi connectivity index (χ0v) is 27.6. The number of aromatic nitrogens is 3. The predicted octanol–water partition coefficient (Wildman–Crippen LogP) is 8.52. The van der Waals surface area contributed by atoms with Crippen molar-refractivity contribution in [1.82, 2.24) is 4.57 Å². The normalized spacial score (nSPS) is 17.3. The Labute approximate surface area is 268 Å². The van der Waals surface area contributed by atoms with Crippen molar-refractivity contribution >= 4 is 51.8 Å². The second kappa shape index (κ2) is 9.60. The first kappa shape index (κ1) is 27.5. The summed E-state index contributed by atoms with van der Waals surface area (Å²) in [5, 5.41) is 3.33. The van der Waals surface area contributed by atoms with Crippen molar-refractivity contribution in [2.45, 2.75) is 51.6 Å². The Kier molecular flexibility index (Phi) is 5.74. The minimum absolute atomic E-state index is 0.0105. The maximum atomic E-state index is 14.5. The van der Waals surface area contributed by atoms with Gasteiger partial charge in [0, 0.05) is 39.2 Å². The number of para-hydroxylation sites is 2. The fourth-order valence-electron chi connectivity index (χ4n) is 8.18. The van der Waals surface area contributed by atoms with Crippen molar-refractivity contribution in [2.24, 2.45) is 0 Å². The number of imidazole rings is 1. The van der Waals surface area contributed by atoms with Crippen LogP contribution in [-0.2, 0) is 13.1 Å². The van der Waals surface area contributed by atoms with E-state index in [1.807, 2.05) is 6.07 Å². The number of fused-ring (bicyclic) bond motifs is 15. The summed E-state index contributed by atoms with van der Waals surface area (Å²) >= 11 is 0. The third kappa shape index (κ3) is 3.71. The number of rotatable bonds is 2. The lowest BCUT2D eigenvalue weighted by Gasteiger charge is -2.33. The molecule has 2 aliphatic heterocycles. The first-order valence-electron chi connectivity index (χ1n) is 16.2. The first-order chi connectivity index (χ1) is 22.2. The number of allylic oxidation sites excluding steroid dienone is 1. The Hall–Kier alpha value is -4.81. The highest BCUT2D eigenvalue weighted by Crippen LogP contribution is 2.49. The van der Waals surface area contributed by atoms with Crippen molar-refractivity contribution in [2.75, 3.05) is 0 Å². The Morgan fingerprint density at radius 1 is 0.913 bits per heavy atom. The molecule has 4 nitrogen and oxygen atoms in total. The molecule has 0 amide bonds. The van der Waals surface area contributed by atoms with Crippen molar-refractivity contribution in [3.63, 3.8) is 0 Å². The SMILES string of the molecule is C=C1c2ccc3c(oc4cc(F)ccc43)c2-c2n(CC)c3ccccc3[n+]2CC2c3ccccc3-c3ccc([Si](C)(C)C)c[n+]3C12. The van der Waals surface area contributed by atoms with Gasteiger partial charge >= 0.3 is 0 Å². The van der Waals surface area contributed by atoms with E-state index < -0.39 is 8.07 Å². The lowest BCUT2D eigenvalue weighted by molar-refractivity contribution is -0.723. The van der Waals surface area contributed by atoms with E-state index in [1.54, 1.807) is 0 Å². The van der Waals surface area contributed by atoms with Gasteiger partial charge in [0.05, 0.1) is 26.1 Å². The Morgan fingerprint density at radius 2 is 1.70 bits per heavy atom. The van der Waals surface area contributed by atoms with Gasteiger partial charge in [0.15, 0.2) is 28.9 Å². The average molecular weight is 622 g/mol. The molecule has 5 heterocycles. The van der Waals surface area contributed by atoms with Crippen LogP contribution in [0.15, 0.2) is 108 Å². The number of halogens is 1. The molecule has 9 rings (SSSR count). The lowest BCUT2D eigenvalue weighted by Crippen LogP contribution is -2.55. The van der Waals surface area contributed by atoms with Crippen LogP contribution >= 0.6 is 0 Å². The van der Waals surface area contributed by atoms with E-state index in [4.69, 9.17) is 11.0 Å². The molecule has 0 radical (unpaired) electrons. The fraction of sp³-hybridized carbons (Fsp3) is 0.200. The highest BCUT2D eigenvalue weighted by Gasteiger charge is 2.48. The summed E-state index contributed by atoms with van der Waals surface area (Å²) in [5.41, 5.74) is 10.8. The molecule has 2 atom stereocenters. The smallest absolute Gasteiger partial charge is 0.294 e. The van der Waals surface area contributed by atoms with Crippen LogP contribution in [0.5, 0.6) is 0 Å². The van der Waals surface area contributed by atoms with Crippen LogP contribution in [0, 0.1) is 5.82 Å². The molecule has 0 bridgehead atoms. The van der Waals surface area contributed by atoms with Gasteiger partial charge in [-0.2, -0.15) is 4.57 Å². The summed E-state index contributed by atoms with van der Waals surface area (Å²) in [5.74, 6) is 0.950. The van der Waals surface area contributed by atoms with Gasteiger partial charge in [0.1, 0.15) is 23.5 Å². The van der Waals surface area contributed by atoms with Crippen LogP contribution in [0.1, 0.15) is 30.0 Å². The highest BCUT2D eigenvalue weighted by molar-refractivity contribution is 6.88. The van der Waals surface area contributed by atoms with Gasteiger partial charge in [-0.3, -0.25) is 0 Å². The van der Waals surface area contributed by atoms with Crippen LogP contribution in [0.3, 0.4) is 0 Å². The summed E-state index contributed by atoms with van der Waals surface area (Å²) in [4.78, 5) is 0. The number of nitrogens with zero attached hydrogens (tertiary/aromatic N) is 3. The van der Waals surface area contributed by atoms with Gasteiger partial charge in [-0.05, 0) is 48.9 Å². The minimum atomic E-state index is -1.62. The highest BCUT2D eigenvalue weighted by atomic mass is 28.3. The summed E-state index contributed by atoms with van der Waals surface area (Å²) in [7, 11) is -1.62. The second-order valence-corrected chi connectivity index (χ2v) is 19.0. The summed E-state index contributed by atoms with van der Waals surface area (Å²) in [6.45, 7) is 15.9. The van der Waals surface area contributed by atoms with Crippen LogP contribution in [-0.4, -0.2) is 12.6 Å². The molecule has 7 aromatic rings. The topological polar surface area (TPSA) is 25.8 Å². The molecule has 0 aliphatic carbocycles. The molecule has 0 spiro atoms. The van der Waals surface area contributed by atoms with Gasteiger partial charge in [-0.25, -0.2) is 13.5 Å². The average Bonchev–Trinajstić information content (AvgIpc) is 3.57. The van der Waals surface area contributed by atoms with Gasteiger partial charge < -0.3 is 4.42 Å². The van der Waals surface area contributed by atoms with E-state index in [1.165, 1.54) is 45.2 Å². The zero-order chi connectivity index (χ0) is 31.5. The molecular formula is C40H36FN3OSi+2. The molecule has 226 valence electrons. The molecule has 4 aromatic carbocycles. The van der Waals surface area contributed by atoms with Gasteiger partial charge in [0.25, 0.3) is 5.82 Å². The van der Waals surface area contributed by atoms with E-state index in [0.29, 0.717) is 5.58 Å². The Bertz CT molecular complexity index is 2430. The van der Waals surface area contributed by atoms with E-state index in [0.717, 1.165) is 52.0 Å². The largest absolute Gasteiger partial charge is 0.455 e. The van der Waals surface area contributed by atoms with Gasteiger partial charge in [0.2, 0.25) is 5.69 Å². The summed E-state index contributed by atoms with van der Waals surface area (Å²) in [6.07, 6.45) is 2.42. The third-order valence-corrected chi connectivity index (χ3v) is 12.4. The Balaban J connectivity index is 1.43. The van der Waals surface area contributed by atoms with Gasteiger partial charge in [-0.1, -0.05) is 68.7 Å². The lowest BCUT2D eigenvalue weighted by atomic mass is 9.76. The molecule has 46 heavy (non-hydrogen) atoms. The second-order valence-electron chi connectivity index (χ2n) is 13.9. The number of benzene rings is 4. The van der Waals surface area contributed by atoms with E-state index >= 15 is 0 Å². The maximum absolute atomic E-state index is 14.5. The molecule has 2 aliphatic rings. The van der Waals surface area contributed by atoms with E-state index in [-0.39, 0.29) is 17.8 Å². The predicted molar refractivity (Wildman–Crippen MR) is 186 cm³/mol. The molecule has 6 heteroatoms. The molecular weight excluding hydrogens is 586 g/mol. The Morgan fingerprint density at radius 3 is 2.52 bits per heavy atom. The van der Waals surface area contributed by atoms with E-state index in [2.05, 4.69) is 119 Å². The van der Waals surface area contributed by atoms with Crippen LogP contribution < -0.4 is 14.3 Å².